The van der Waals surface area contributed by atoms with Crippen molar-refractivity contribution in [1.29, 1.82) is 0 Å². The van der Waals surface area contributed by atoms with E-state index in [2.05, 4.69) is 31.4 Å². The molecule has 0 aliphatic carbocycles. The summed E-state index contributed by atoms with van der Waals surface area (Å²) in [6.07, 6.45) is 4.49. The summed E-state index contributed by atoms with van der Waals surface area (Å²) in [4.78, 5) is 22.7. The molecule has 0 unspecified atom stereocenters. The fourth-order valence-corrected chi connectivity index (χ4v) is 1.54. The smallest absolute Gasteiger partial charge is 0.239 e. The quantitative estimate of drug-likeness (QED) is 0.654. The average molecular weight is 256 g/mol. The van der Waals surface area contributed by atoms with Crippen LogP contribution in [-0.2, 0) is 9.59 Å². The fourth-order valence-electron chi connectivity index (χ4n) is 1.54. The van der Waals surface area contributed by atoms with Crippen molar-refractivity contribution in [3.05, 3.63) is 0 Å². The molecule has 0 aromatic carbocycles. The first kappa shape index (κ1) is 16.9. The minimum atomic E-state index is -0.111. The first-order chi connectivity index (χ1) is 8.35. The first-order valence-electron chi connectivity index (χ1n) is 6.88. The molecule has 0 aromatic rings. The molecule has 0 spiro atoms. The molecular weight excluding hydrogens is 228 g/mol. The zero-order chi connectivity index (χ0) is 14.0. The predicted molar refractivity (Wildman–Crippen MR) is 74.2 cm³/mol. The molecule has 0 atom stereocenters. The average Bonchev–Trinajstić information content (AvgIpc) is 2.28. The van der Waals surface area contributed by atoms with E-state index in [1.54, 1.807) is 0 Å². The molecule has 0 bridgehead atoms. The number of nitrogens with one attached hydrogen (secondary N) is 2. The van der Waals surface area contributed by atoms with E-state index in [1.165, 1.54) is 0 Å². The maximum Gasteiger partial charge on any atom is 0.239 e. The van der Waals surface area contributed by atoms with Crippen molar-refractivity contribution in [2.24, 2.45) is 5.41 Å². The van der Waals surface area contributed by atoms with Crippen molar-refractivity contribution in [2.75, 3.05) is 13.1 Å². The minimum Gasteiger partial charge on any atom is -0.355 e. The van der Waals surface area contributed by atoms with Crippen molar-refractivity contribution in [3.8, 4) is 0 Å². The molecule has 0 saturated heterocycles. The van der Waals surface area contributed by atoms with Gasteiger partial charge in [0.15, 0.2) is 0 Å². The van der Waals surface area contributed by atoms with Gasteiger partial charge in [0.05, 0.1) is 6.54 Å². The Hall–Kier alpha value is -1.06. The zero-order valence-electron chi connectivity index (χ0n) is 12.3. The van der Waals surface area contributed by atoms with E-state index in [0.717, 1.165) is 25.7 Å². The number of hydrogen-bond acceptors (Lipinski definition) is 2. The number of amides is 2. The second-order valence-corrected chi connectivity index (χ2v) is 5.89. The van der Waals surface area contributed by atoms with Gasteiger partial charge in [-0.3, -0.25) is 9.59 Å². The molecule has 0 radical (unpaired) electrons. The maximum absolute atomic E-state index is 11.5. The van der Waals surface area contributed by atoms with E-state index in [9.17, 15) is 9.59 Å². The van der Waals surface area contributed by atoms with Gasteiger partial charge >= 0.3 is 0 Å². The molecule has 0 heterocycles. The lowest BCUT2D eigenvalue weighted by atomic mass is 9.89. The molecule has 0 aromatic heterocycles. The lowest BCUT2D eigenvalue weighted by Gasteiger charge is -2.17. The Balaban J connectivity index is 3.51. The largest absolute Gasteiger partial charge is 0.355 e. The zero-order valence-corrected chi connectivity index (χ0v) is 12.3. The van der Waals surface area contributed by atoms with Crippen LogP contribution in [0.15, 0.2) is 0 Å². The van der Waals surface area contributed by atoms with E-state index in [4.69, 9.17) is 0 Å². The summed E-state index contributed by atoms with van der Waals surface area (Å²) in [5.74, 6) is -0.143. The van der Waals surface area contributed by atoms with Crippen LogP contribution < -0.4 is 10.6 Å². The Morgan fingerprint density at radius 1 is 1.00 bits per heavy atom. The van der Waals surface area contributed by atoms with Crippen LogP contribution in [0.25, 0.3) is 0 Å². The van der Waals surface area contributed by atoms with Crippen LogP contribution in [0.2, 0.25) is 0 Å². The van der Waals surface area contributed by atoms with Crippen LogP contribution >= 0.6 is 0 Å². The van der Waals surface area contributed by atoms with Crippen LogP contribution in [0.5, 0.6) is 0 Å². The van der Waals surface area contributed by atoms with Crippen molar-refractivity contribution < 1.29 is 9.59 Å². The number of unbranched alkanes of at least 4 members (excludes halogenated alkanes) is 1. The molecule has 2 amide bonds. The minimum absolute atomic E-state index is 0.0319. The lowest BCUT2D eigenvalue weighted by Crippen LogP contribution is -2.37. The van der Waals surface area contributed by atoms with E-state index in [1.807, 2.05) is 6.92 Å². The number of rotatable bonds is 8. The van der Waals surface area contributed by atoms with E-state index >= 15 is 0 Å². The van der Waals surface area contributed by atoms with Crippen LogP contribution in [0.1, 0.15) is 59.8 Å². The number of carbonyl (C=O) groups is 2. The highest BCUT2D eigenvalue weighted by Gasteiger charge is 2.10. The summed E-state index contributed by atoms with van der Waals surface area (Å²) in [6.45, 7) is 9.36. The Labute approximate surface area is 111 Å². The Morgan fingerprint density at radius 2 is 1.67 bits per heavy atom. The third-order valence-corrected chi connectivity index (χ3v) is 2.60. The van der Waals surface area contributed by atoms with Crippen molar-refractivity contribution in [1.82, 2.24) is 10.6 Å². The third kappa shape index (κ3) is 11.4. The lowest BCUT2D eigenvalue weighted by molar-refractivity contribution is -0.126. The highest BCUT2D eigenvalue weighted by Crippen LogP contribution is 2.21. The molecule has 2 N–H and O–H groups in total. The van der Waals surface area contributed by atoms with Gasteiger partial charge in [0.2, 0.25) is 11.8 Å². The molecule has 0 aliphatic heterocycles. The summed E-state index contributed by atoms with van der Waals surface area (Å²) >= 11 is 0. The van der Waals surface area contributed by atoms with Crippen LogP contribution in [-0.4, -0.2) is 24.9 Å². The first-order valence-corrected chi connectivity index (χ1v) is 6.88. The predicted octanol–water partition coefficient (Wildman–Crippen LogP) is 2.24. The van der Waals surface area contributed by atoms with Crippen molar-refractivity contribution in [3.63, 3.8) is 0 Å². The summed E-state index contributed by atoms with van der Waals surface area (Å²) in [7, 11) is 0. The normalized spacial score (nSPS) is 11.1. The maximum atomic E-state index is 11.5. The van der Waals surface area contributed by atoms with Gasteiger partial charge in [-0.2, -0.15) is 0 Å². The second kappa shape index (κ2) is 8.95. The van der Waals surface area contributed by atoms with Gasteiger partial charge < -0.3 is 10.6 Å². The third-order valence-electron chi connectivity index (χ3n) is 2.60. The molecule has 4 heteroatoms. The highest BCUT2D eigenvalue weighted by atomic mass is 16.2. The Morgan fingerprint density at radius 3 is 2.22 bits per heavy atom. The van der Waals surface area contributed by atoms with E-state index in [-0.39, 0.29) is 18.4 Å². The van der Waals surface area contributed by atoms with Crippen molar-refractivity contribution >= 4 is 11.8 Å². The summed E-state index contributed by atoms with van der Waals surface area (Å²) in [5, 5.41) is 5.36. The molecule has 0 saturated carbocycles. The van der Waals surface area contributed by atoms with Crippen LogP contribution in [0.3, 0.4) is 0 Å². The summed E-state index contributed by atoms with van der Waals surface area (Å²) in [5.41, 5.74) is 0.330. The van der Waals surface area contributed by atoms with Gasteiger partial charge in [-0.25, -0.2) is 0 Å². The van der Waals surface area contributed by atoms with Crippen molar-refractivity contribution in [2.45, 2.75) is 59.8 Å². The number of hydrogen-bond donors (Lipinski definition) is 2. The Kier molecular flexibility index (Phi) is 8.42. The standard InChI is InChI=1S/C14H28N2O2/c1-5-10-15-13(18)11-16-12(17)8-6-7-9-14(2,3)4/h5-11H2,1-4H3,(H,15,18)(H,16,17). The molecule has 18 heavy (non-hydrogen) atoms. The topological polar surface area (TPSA) is 58.2 Å². The molecular formula is C14H28N2O2. The van der Waals surface area contributed by atoms with Gasteiger partial charge in [0, 0.05) is 13.0 Å². The highest BCUT2D eigenvalue weighted by molar-refractivity contribution is 5.84. The van der Waals surface area contributed by atoms with Gasteiger partial charge in [-0.05, 0) is 24.7 Å². The van der Waals surface area contributed by atoms with Crippen LogP contribution in [0, 0.1) is 5.41 Å². The van der Waals surface area contributed by atoms with Gasteiger partial charge in [-0.15, -0.1) is 0 Å². The molecule has 4 nitrogen and oxygen atoms in total. The summed E-state index contributed by atoms with van der Waals surface area (Å²) < 4.78 is 0. The van der Waals surface area contributed by atoms with E-state index < -0.39 is 0 Å². The monoisotopic (exact) mass is 256 g/mol. The Bertz CT molecular complexity index is 257. The SMILES string of the molecule is CCCNC(=O)CNC(=O)CCCCC(C)(C)C. The van der Waals surface area contributed by atoms with E-state index in [0.29, 0.717) is 18.4 Å². The molecule has 0 rings (SSSR count). The van der Waals surface area contributed by atoms with Crippen LogP contribution in [0.4, 0.5) is 0 Å². The summed E-state index contributed by atoms with van der Waals surface area (Å²) in [6, 6.07) is 0. The van der Waals surface area contributed by atoms with Gasteiger partial charge in [-0.1, -0.05) is 34.1 Å². The molecule has 106 valence electrons. The van der Waals surface area contributed by atoms with Gasteiger partial charge in [0.25, 0.3) is 0 Å². The van der Waals surface area contributed by atoms with Gasteiger partial charge in [0.1, 0.15) is 0 Å². The number of carbonyl (C=O) groups excluding carboxylic acids is 2. The second-order valence-electron chi connectivity index (χ2n) is 5.89. The molecule has 0 fully saturated rings. The molecule has 0 aliphatic rings. The fraction of sp³-hybridized carbons (Fsp3) is 0.857.